The van der Waals surface area contributed by atoms with Crippen LogP contribution in [0.3, 0.4) is 0 Å². The number of halogens is 1. The third kappa shape index (κ3) is 7.98. The van der Waals surface area contributed by atoms with E-state index in [1.165, 1.54) is 0 Å². The topological polar surface area (TPSA) is 146 Å². The van der Waals surface area contributed by atoms with E-state index in [-0.39, 0.29) is 25.4 Å². The molecule has 0 aliphatic heterocycles. The van der Waals surface area contributed by atoms with Crippen LogP contribution in [-0.2, 0) is 14.3 Å². The van der Waals surface area contributed by atoms with E-state index in [0.717, 1.165) is 0 Å². The lowest BCUT2D eigenvalue weighted by molar-refractivity contribution is -0.143. The van der Waals surface area contributed by atoms with Crippen LogP contribution in [0.15, 0.2) is 48.5 Å². The van der Waals surface area contributed by atoms with Gasteiger partial charge in [-0.15, -0.1) is 0 Å². The lowest BCUT2D eigenvalue weighted by atomic mass is 10.0. The van der Waals surface area contributed by atoms with Gasteiger partial charge in [-0.2, -0.15) is 0 Å². The molecule has 1 unspecified atom stereocenters. The highest BCUT2D eigenvalue weighted by molar-refractivity contribution is 6.30. The zero-order valence-electron chi connectivity index (χ0n) is 16.9. The van der Waals surface area contributed by atoms with Crippen molar-refractivity contribution in [3.05, 3.63) is 64.7 Å². The molecule has 0 fully saturated rings. The average molecular weight is 446 g/mol. The SMILES string of the molecule is CCOC(=O)CC(NC(=O)CNC(=O)Nc1ccc(C(=N)N)cc1)c1ccc(Cl)cc1. The molecule has 0 saturated carbocycles. The number of ether oxygens (including phenoxy) is 1. The summed E-state index contributed by atoms with van der Waals surface area (Å²) >= 11 is 5.90. The number of rotatable bonds is 9. The fraction of sp³-hybridized carbons (Fsp3) is 0.238. The first-order chi connectivity index (χ1) is 14.8. The van der Waals surface area contributed by atoms with E-state index < -0.39 is 23.9 Å². The maximum Gasteiger partial charge on any atom is 0.319 e. The second-order valence-electron chi connectivity index (χ2n) is 6.48. The summed E-state index contributed by atoms with van der Waals surface area (Å²) in [6, 6.07) is 11.9. The highest BCUT2D eigenvalue weighted by Crippen LogP contribution is 2.20. The second kappa shape index (κ2) is 11.6. The molecule has 1 atom stereocenters. The van der Waals surface area contributed by atoms with Gasteiger partial charge in [-0.05, 0) is 48.9 Å². The molecule has 6 N–H and O–H groups in total. The molecule has 0 aliphatic carbocycles. The van der Waals surface area contributed by atoms with E-state index in [1.54, 1.807) is 55.5 Å². The Morgan fingerprint density at radius 2 is 1.74 bits per heavy atom. The maximum atomic E-state index is 12.3. The van der Waals surface area contributed by atoms with Crippen LogP contribution in [0.4, 0.5) is 10.5 Å². The van der Waals surface area contributed by atoms with Gasteiger partial charge in [-0.1, -0.05) is 23.7 Å². The lowest BCUT2D eigenvalue weighted by Crippen LogP contribution is -2.40. The molecular weight excluding hydrogens is 422 g/mol. The Hall–Kier alpha value is -3.59. The largest absolute Gasteiger partial charge is 0.466 e. The summed E-state index contributed by atoms with van der Waals surface area (Å²) in [7, 11) is 0. The Labute approximate surface area is 184 Å². The van der Waals surface area contributed by atoms with Gasteiger partial charge in [0.15, 0.2) is 0 Å². The smallest absolute Gasteiger partial charge is 0.319 e. The van der Waals surface area contributed by atoms with E-state index >= 15 is 0 Å². The third-order valence-corrected chi connectivity index (χ3v) is 4.40. The van der Waals surface area contributed by atoms with Gasteiger partial charge >= 0.3 is 12.0 Å². The Balaban J connectivity index is 1.91. The zero-order chi connectivity index (χ0) is 22.8. The number of nitrogens with one attached hydrogen (secondary N) is 4. The predicted octanol–water partition coefficient (Wildman–Crippen LogP) is 2.56. The number of urea groups is 1. The van der Waals surface area contributed by atoms with Gasteiger partial charge in [-0.25, -0.2) is 4.79 Å². The van der Waals surface area contributed by atoms with E-state index in [0.29, 0.717) is 21.8 Å². The van der Waals surface area contributed by atoms with Crippen molar-refractivity contribution in [1.29, 1.82) is 5.41 Å². The van der Waals surface area contributed by atoms with Crippen LogP contribution >= 0.6 is 11.6 Å². The molecule has 0 heterocycles. The average Bonchev–Trinajstić information content (AvgIpc) is 2.73. The molecule has 0 bridgehead atoms. The van der Waals surface area contributed by atoms with Gasteiger partial charge in [0.05, 0.1) is 25.6 Å². The van der Waals surface area contributed by atoms with Crippen LogP contribution in [0.1, 0.15) is 30.5 Å². The van der Waals surface area contributed by atoms with Gasteiger partial charge in [-0.3, -0.25) is 15.0 Å². The van der Waals surface area contributed by atoms with Crippen molar-refractivity contribution in [3.63, 3.8) is 0 Å². The number of carbonyl (C=O) groups excluding carboxylic acids is 3. The van der Waals surface area contributed by atoms with Gasteiger partial charge in [0.25, 0.3) is 0 Å². The minimum absolute atomic E-state index is 0.0596. The maximum absolute atomic E-state index is 12.3. The number of carbonyl (C=O) groups is 3. The normalized spacial score (nSPS) is 11.2. The first-order valence-corrected chi connectivity index (χ1v) is 9.86. The molecule has 0 saturated heterocycles. The van der Waals surface area contributed by atoms with Crippen molar-refractivity contribution < 1.29 is 19.1 Å². The summed E-state index contributed by atoms with van der Waals surface area (Å²) in [6.07, 6.45) is -0.0596. The number of amidine groups is 1. The number of nitrogens with two attached hydrogens (primary N) is 1. The summed E-state index contributed by atoms with van der Waals surface area (Å²) < 4.78 is 4.97. The monoisotopic (exact) mass is 445 g/mol. The lowest BCUT2D eigenvalue weighted by Gasteiger charge is -2.19. The van der Waals surface area contributed by atoms with E-state index in [2.05, 4.69) is 16.0 Å². The fourth-order valence-corrected chi connectivity index (χ4v) is 2.77. The van der Waals surface area contributed by atoms with Crippen molar-refractivity contribution in [1.82, 2.24) is 10.6 Å². The van der Waals surface area contributed by atoms with Crippen LogP contribution in [0.2, 0.25) is 5.02 Å². The predicted molar refractivity (Wildman–Crippen MR) is 118 cm³/mol. The number of esters is 1. The van der Waals surface area contributed by atoms with Crippen LogP contribution in [0.5, 0.6) is 0 Å². The Bertz CT molecular complexity index is 932. The zero-order valence-corrected chi connectivity index (χ0v) is 17.7. The first-order valence-electron chi connectivity index (χ1n) is 9.48. The van der Waals surface area contributed by atoms with E-state index in [4.69, 9.17) is 27.5 Å². The molecule has 31 heavy (non-hydrogen) atoms. The Morgan fingerprint density at radius 3 is 2.32 bits per heavy atom. The summed E-state index contributed by atoms with van der Waals surface area (Å²) in [5.74, 6) is -1.01. The minimum Gasteiger partial charge on any atom is -0.466 e. The molecule has 2 rings (SSSR count). The van der Waals surface area contributed by atoms with Crippen LogP contribution in [-0.4, -0.2) is 36.9 Å². The number of amides is 3. The minimum atomic E-state index is -0.632. The molecule has 2 aromatic carbocycles. The molecule has 10 heteroatoms. The number of benzene rings is 2. The van der Waals surface area contributed by atoms with E-state index in [9.17, 15) is 14.4 Å². The molecule has 0 spiro atoms. The molecular formula is C21H24ClN5O4. The number of hydrogen-bond donors (Lipinski definition) is 5. The molecule has 9 nitrogen and oxygen atoms in total. The summed E-state index contributed by atoms with van der Waals surface area (Å²) in [5, 5.41) is 15.6. The third-order valence-electron chi connectivity index (χ3n) is 4.15. The number of nitrogen functional groups attached to an aromatic ring is 1. The van der Waals surface area contributed by atoms with Crippen molar-refractivity contribution in [2.75, 3.05) is 18.5 Å². The van der Waals surface area contributed by atoms with Gasteiger partial charge in [0, 0.05) is 16.3 Å². The molecule has 3 amide bonds. The Morgan fingerprint density at radius 1 is 1.10 bits per heavy atom. The van der Waals surface area contributed by atoms with Gasteiger partial charge < -0.3 is 26.4 Å². The van der Waals surface area contributed by atoms with Crippen LogP contribution in [0.25, 0.3) is 0 Å². The second-order valence-corrected chi connectivity index (χ2v) is 6.92. The molecule has 2 aromatic rings. The summed E-state index contributed by atoms with van der Waals surface area (Å²) in [6.45, 7) is 1.63. The van der Waals surface area contributed by atoms with Crippen molar-refractivity contribution in [2.45, 2.75) is 19.4 Å². The van der Waals surface area contributed by atoms with E-state index in [1.807, 2.05) is 0 Å². The molecule has 0 aliphatic rings. The molecule has 0 aromatic heterocycles. The quantitative estimate of drug-likeness (QED) is 0.228. The molecule has 0 radical (unpaired) electrons. The summed E-state index contributed by atoms with van der Waals surface area (Å²) in [4.78, 5) is 36.3. The highest BCUT2D eigenvalue weighted by atomic mass is 35.5. The standard InChI is InChI=1S/C21H24ClN5O4/c1-2-31-19(29)11-17(13-3-7-15(22)8-4-13)27-18(28)12-25-21(30)26-16-9-5-14(6-10-16)20(23)24/h3-10,17H,2,11-12H2,1H3,(H3,23,24)(H,27,28)(H2,25,26,30). The fourth-order valence-electron chi connectivity index (χ4n) is 2.65. The summed E-state index contributed by atoms with van der Waals surface area (Å²) in [5.41, 5.74) is 7.07. The van der Waals surface area contributed by atoms with Gasteiger partial charge in [0.2, 0.25) is 5.91 Å². The van der Waals surface area contributed by atoms with Crippen LogP contribution < -0.4 is 21.7 Å². The van der Waals surface area contributed by atoms with Crippen molar-refractivity contribution >= 4 is 41.0 Å². The number of hydrogen-bond acceptors (Lipinski definition) is 5. The van der Waals surface area contributed by atoms with Crippen LogP contribution in [0, 0.1) is 5.41 Å². The van der Waals surface area contributed by atoms with Crippen molar-refractivity contribution in [3.8, 4) is 0 Å². The van der Waals surface area contributed by atoms with Crippen molar-refractivity contribution in [2.24, 2.45) is 5.73 Å². The highest BCUT2D eigenvalue weighted by Gasteiger charge is 2.19. The molecule has 164 valence electrons. The Kier molecular flexibility index (Phi) is 8.83. The number of anilines is 1. The van der Waals surface area contributed by atoms with Gasteiger partial charge in [0.1, 0.15) is 5.84 Å². The first kappa shape index (κ1) is 23.7.